The predicted molar refractivity (Wildman–Crippen MR) is 78.4 cm³/mol. The van der Waals surface area contributed by atoms with E-state index in [0.29, 0.717) is 12.0 Å². The SMILES string of the molecule is C[C@H](N[C@H]1CCCC[C@@H]1CO)c1nc2ccccc2o1. The minimum Gasteiger partial charge on any atom is -0.439 e. The zero-order valence-electron chi connectivity index (χ0n) is 11.9. The molecule has 4 heteroatoms. The molecule has 0 amide bonds. The molecule has 108 valence electrons. The molecule has 1 fully saturated rings. The number of hydrogen-bond donors (Lipinski definition) is 2. The average molecular weight is 274 g/mol. The summed E-state index contributed by atoms with van der Waals surface area (Å²) in [5, 5.41) is 13.1. The van der Waals surface area contributed by atoms with Gasteiger partial charge in [0.25, 0.3) is 0 Å². The topological polar surface area (TPSA) is 58.3 Å². The Morgan fingerprint density at radius 1 is 1.35 bits per heavy atom. The third-order valence-electron chi connectivity index (χ3n) is 4.29. The third kappa shape index (κ3) is 2.72. The van der Waals surface area contributed by atoms with Gasteiger partial charge >= 0.3 is 0 Å². The Hall–Kier alpha value is -1.39. The van der Waals surface area contributed by atoms with Crippen LogP contribution in [0.2, 0.25) is 0 Å². The lowest BCUT2D eigenvalue weighted by Gasteiger charge is -2.32. The lowest BCUT2D eigenvalue weighted by molar-refractivity contribution is 0.144. The maximum absolute atomic E-state index is 9.48. The van der Waals surface area contributed by atoms with E-state index < -0.39 is 0 Å². The smallest absolute Gasteiger partial charge is 0.212 e. The molecule has 3 atom stereocenters. The van der Waals surface area contributed by atoms with E-state index in [9.17, 15) is 5.11 Å². The van der Waals surface area contributed by atoms with E-state index in [0.717, 1.165) is 29.8 Å². The van der Waals surface area contributed by atoms with Gasteiger partial charge in [0.05, 0.1) is 6.04 Å². The van der Waals surface area contributed by atoms with E-state index >= 15 is 0 Å². The van der Waals surface area contributed by atoms with Gasteiger partial charge in [0, 0.05) is 12.6 Å². The fourth-order valence-corrected chi connectivity index (χ4v) is 3.11. The molecule has 1 aliphatic rings. The standard InChI is InChI=1S/C16H22N2O2/c1-11(17-13-7-3-2-6-12(13)10-19)16-18-14-8-4-5-9-15(14)20-16/h4-5,8-9,11-13,17,19H,2-3,6-7,10H2,1H3/t11-,12+,13-/m0/s1. The Kier molecular flexibility index (Phi) is 4.03. The molecule has 4 nitrogen and oxygen atoms in total. The van der Waals surface area contributed by atoms with Crippen molar-refractivity contribution in [1.29, 1.82) is 0 Å². The summed E-state index contributed by atoms with van der Waals surface area (Å²) in [6.07, 6.45) is 4.68. The number of oxazole rings is 1. The Labute approximate surface area is 119 Å². The summed E-state index contributed by atoms with van der Waals surface area (Å²) in [4.78, 5) is 4.54. The van der Waals surface area contributed by atoms with E-state index in [1.165, 1.54) is 12.8 Å². The maximum Gasteiger partial charge on any atom is 0.212 e. The first-order chi connectivity index (χ1) is 9.78. The first-order valence-electron chi connectivity index (χ1n) is 7.50. The summed E-state index contributed by atoms with van der Waals surface area (Å²) < 4.78 is 5.80. The van der Waals surface area contributed by atoms with Crippen molar-refractivity contribution in [3.8, 4) is 0 Å². The number of para-hydroxylation sites is 2. The van der Waals surface area contributed by atoms with Gasteiger partial charge in [0.15, 0.2) is 5.58 Å². The Balaban J connectivity index is 1.73. The quantitative estimate of drug-likeness (QED) is 0.899. The zero-order chi connectivity index (χ0) is 13.9. The molecule has 1 aromatic carbocycles. The molecule has 0 spiro atoms. The van der Waals surface area contributed by atoms with Crippen LogP contribution in [0.4, 0.5) is 0 Å². The fourth-order valence-electron chi connectivity index (χ4n) is 3.11. The van der Waals surface area contributed by atoms with Crippen molar-refractivity contribution in [2.24, 2.45) is 5.92 Å². The number of aromatic nitrogens is 1. The lowest BCUT2D eigenvalue weighted by atomic mass is 9.84. The van der Waals surface area contributed by atoms with Crippen LogP contribution in [0, 0.1) is 5.92 Å². The normalized spacial score (nSPS) is 24.9. The molecule has 1 aromatic heterocycles. The molecular weight excluding hydrogens is 252 g/mol. The summed E-state index contributed by atoms with van der Waals surface area (Å²) in [5.74, 6) is 1.09. The monoisotopic (exact) mass is 274 g/mol. The van der Waals surface area contributed by atoms with E-state index in [2.05, 4.69) is 17.2 Å². The van der Waals surface area contributed by atoms with Gasteiger partial charge in [0.1, 0.15) is 5.52 Å². The summed E-state index contributed by atoms with van der Waals surface area (Å²) in [5.41, 5.74) is 1.73. The zero-order valence-corrected chi connectivity index (χ0v) is 11.9. The van der Waals surface area contributed by atoms with Gasteiger partial charge in [0.2, 0.25) is 5.89 Å². The molecule has 2 aromatic rings. The fraction of sp³-hybridized carbons (Fsp3) is 0.562. The second-order valence-corrected chi connectivity index (χ2v) is 5.74. The average Bonchev–Trinajstić information content (AvgIpc) is 2.92. The highest BCUT2D eigenvalue weighted by Crippen LogP contribution is 2.27. The van der Waals surface area contributed by atoms with Gasteiger partial charge in [-0.05, 0) is 37.8 Å². The van der Waals surface area contributed by atoms with Crippen molar-refractivity contribution in [1.82, 2.24) is 10.3 Å². The number of hydrogen-bond acceptors (Lipinski definition) is 4. The first kappa shape index (κ1) is 13.6. The summed E-state index contributed by atoms with van der Waals surface area (Å²) in [6, 6.07) is 8.26. The van der Waals surface area contributed by atoms with Crippen molar-refractivity contribution >= 4 is 11.1 Å². The van der Waals surface area contributed by atoms with Crippen LogP contribution in [0.25, 0.3) is 11.1 Å². The Morgan fingerprint density at radius 3 is 2.95 bits per heavy atom. The Bertz CT molecular complexity index is 533. The highest BCUT2D eigenvalue weighted by Gasteiger charge is 2.27. The molecule has 20 heavy (non-hydrogen) atoms. The van der Waals surface area contributed by atoms with Gasteiger partial charge in [-0.15, -0.1) is 0 Å². The molecule has 0 bridgehead atoms. The second kappa shape index (κ2) is 5.94. The highest BCUT2D eigenvalue weighted by atomic mass is 16.3. The number of rotatable bonds is 4. The lowest BCUT2D eigenvalue weighted by Crippen LogP contribution is -2.41. The van der Waals surface area contributed by atoms with Crippen LogP contribution in [-0.4, -0.2) is 22.7 Å². The third-order valence-corrected chi connectivity index (χ3v) is 4.29. The van der Waals surface area contributed by atoms with Crippen LogP contribution in [0.15, 0.2) is 28.7 Å². The van der Waals surface area contributed by atoms with E-state index in [1.807, 2.05) is 24.3 Å². The van der Waals surface area contributed by atoms with Gasteiger partial charge in [-0.25, -0.2) is 4.98 Å². The van der Waals surface area contributed by atoms with Crippen LogP contribution < -0.4 is 5.32 Å². The molecule has 1 heterocycles. The molecule has 2 N–H and O–H groups in total. The number of fused-ring (bicyclic) bond motifs is 1. The van der Waals surface area contributed by atoms with Gasteiger partial charge in [-0.3, -0.25) is 0 Å². The largest absolute Gasteiger partial charge is 0.439 e. The molecule has 0 unspecified atom stereocenters. The van der Waals surface area contributed by atoms with Crippen LogP contribution >= 0.6 is 0 Å². The molecule has 0 radical (unpaired) electrons. The van der Waals surface area contributed by atoms with E-state index in [1.54, 1.807) is 0 Å². The summed E-state index contributed by atoms with van der Waals surface area (Å²) >= 11 is 0. The van der Waals surface area contributed by atoms with Crippen LogP contribution in [-0.2, 0) is 0 Å². The van der Waals surface area contributed by atoms with Crippen molar-refractivity contribution in [2.75, 3.05) is 6.61 Å². The van der Waals surface area contributed by atoms with Crippen LogP contribution in [0.3, 0.4) is 0 Å². The molecule has 1 aliphatic carbocycles. The highest BCUT2D eigenvalue weighted by molar-refractivity contribution is 5.72. The maximum atomic E-state index is 9.48. The number of benzene rings is 1. The molecule has 1 saturated carbocycles. The minimum atomic E-state index is 0.0690. The number of nitrogens with one attached hydrogen (secondary N) is 1. The molecule has 0 saturated heterocycles. The predicted octanol–water partition coefficient (Wildman–Crippen LogP) is 3.03. The second-order valence-electron chi connectivity index (χ2n) is 5.74. The van der Waals surface area contributed by atoms with E-state index in [-0.39, 0.29) is 12.6 Å². The number of aliphatic hydroxyl groups excluding tert-OH is 1. The molecule has 0 aliphatic heterocycles. The van der Waals surface area contributed by atoms with Gasteiger partial charge < -0.3 is 14.8 Å². The minimum absolute atomic E-state index is 0.0690. The summed E-state index contributed by atoms with van der Waals surface area (Å²) in [6.45, 7) is 2.34. The van der Waals surface area contributed by atoms with Gasteiger partial charge in [-0.2, -0.15) is 0 Å². The molecular formula is C16H22N2O2. The summed E-state index contributed by atoms with van der Waals surface area (Å²) in [7, 11) is 0. The van der Waals surface area contributed by atoms with Crippen LogP contribution in [0.5, 0.6) is 0 Å². The Morgan fingerprint density at radius 2 is 2.15 bits per heavy atom. The number of aliphatic hydroxyl groups is 1. The van der Waals surface area contributed by atoms with Crippen molar-refractivity contribution in [3.05, 3.63) is 30.2 Å². The van der Waals surface area contributed by atoms with Crippen molar-refractivity contribution < 1.29 is 9.52 Å². The van der Waals surface area contributed by atoms with Crippen molar-refractivity contribution in [3.63, 3.8) is 0 Å². The first-order valence-corrected chi connectivity index (χ1v) is 7.50. The van der Waals surface area contributed by atoms with E-state index in [4.69, 9.17) is 4.42 Å². The molecule has 3 rings (SSSR count). The number of nitrogens with zero attached hydrogens (tertiary/aromatic N) is 1. The van der Waals surface area contributed by atoms with Crippen molar-refractivity contribution in [2.45, 2.75) is 44.7 Å². The van der Waals surface area contributed by atoms with Gasteiger partial charge in [-0.1, -0.05) is 25.0 Å². The van der Waals surface area contributed by atoms with Crippen LogP contribution in [0.1, 0.15) is 44.5 Å².